The van der Waals surface area contributed by atoms with Crippen LogP contribution in [-0.2, 0) is 24.8 Å². The van der Waals surface area contributed by atoms with Crippen LogP contribution in [0.15, 0.2) is 33.7 Å². The summed E-state index contributed by atoms with van der Waals surface area (Å²) >= 11 is 0. The topological polar surface area (TPSA) is 127 Å². The van der Waals surface area contributed by atoms with Crippen molar-refractivity contribution in [3.63, 3.8) is 0 Å². The van der Waals surface area contributed by atoms with Gasteiger partial charge in [-0.1, -0.05) is 11.2 Å². The van der Waals surface area contributed by atoms with Crippen molar-refractivity contribution in [2.45, 2.75) is 25.2 Å². The molecule has 0 radical (unpaired) electrons. The molecule has 0 bridgehead atoms. The first-order valence-corrected chi connectivity index (χ1v) is 10.3. The molecule has 11 heteroatoms. The van der Waals surface area contributed by atoms with Gasteiger partial charge in [0.25, 0.3) is 10.0 Å². The minimum absolute atomic E-state index is 0.00664. The average Bonchev–Trinajstić information content (AvgIpc) is 3.02. The number of aryl methyl sites for hydroxylation is 2. The number of nitrogens with one attached hydrogen (secondary N) is 1. The number of rotatable bonds is 4. The summed E-state index contributed by atoms with van der Waals surface area (Å²) in [4.78, 5) is 11.7. The monoisotopic (exact) mass is 385 g/mol. The molecule has 3 rings (SSSR count). The van der Waals surface area contributed by atoms with Crippen LogP contribution in [0, 0.1) is 13.8 Å². The van der Waals surface area contributed by atoms with E-state index in [2.05, 4.69) is 9.88 Å². The smallest absolute Gasteiger partial charge is 0.263 e. The van der Waals surface area contributed by atoms with E-state index >= 15 is 0 Å². The number of aromatic nitrogens is 1. The quantitative estimate of drug-likeness (QED) is 0.836. The summed E-state index contributed by atoms with van der Waals surface area (Å²) in [7, 11) is -7.82. The summed E-state index contributed by atoms with van der Waals surface area (Å²) in [6, 6.07) is 5.41. The van der Waals surface area contributed by atoms with E-state index in [1.54, 1.807) is 13.8 Å². The SMILES string of the molecule is Cc1cc(NS(=O)(=O)c2cc(N3C(=O)CCS3(=O)=O)ccc2C)no1. The molecule has 2 aromatic rings. The molecular formula is C14H15N3O6S2. The maximum atomic E-state index is 12.6. The fourth-order valence-electron chi connectivity index (χ4n) is 2.48. The second kappa shape index (κ2) is 5.85. The number of carbonyl (C=O) groups excluding carboxylic acids is 1. The molecule has 0 spiro atoms. The summed E-state index contributed by atoms with van der Waals surface area (Å²) in [6.45, 7) is 3.17. The normalized spacial score (nSPS) is 17.0. The molecular weight excluding hydrogens is 370 g/mol. The number of benzene rings is 1. The molecule has 9 nitrogen and oxygen atoms in total. The predicted molar refractivity (Wildman–Crippen MR) is 89.1 cm³/mol. The van der Waals surface area contributed by atoms with Gasteiger partial charge in [-0.05, 0) is 31.5 Å². The Hall–Kier alpha value is -2.40. The van der Waals surface area contributed by atoms with E-state index in [1.807, 2.05) is 0 Å². The third kappa shape index (κ3) is 3.24. The second-order valence-electron chi connectivity index (χ2n) is 5.60. The zero-order valence-electron chi connectivity index (χ0n) is 13.4. The highest BCUT2D eigenvalue weighted by molar-refractivity contribution is 7.94. The summed E-state index contributed by atoms with van der Waals surface area (Å²) in [5.74, 6) is -0.450. The average molecular weight is 385 g/mol. The molecule has 1 aromatic carbocycles. The first kappa shape index (κ1) is 17.4. The third-order valence-corrected chi connectivity index (χ3v) is 6.83. The molecule has 134 valence electrons. The van der Waals surface area contributed by atoms with Crippen molar-refractivity contribution in [2.24, 2.45) is 0 Å². The van der Waals surface area contributed by atoms with Crippen molar-refractivity contribution in [1.29, 1.82) is 0 Å². The van der Waals surface area contributed by atoms with Crippen molar-refractivity contribution < 1.29 is 26.2 Å². The van der Waals surface area contributed by atoms with Crippen LogP contribution >= 0.6 is 0 Å². The lowest BCUT2D eigenvalue weighted by molar-refractivity contribution is -0.116. The predicted octanol–water partition coefficient (Wildman–Crippen LogP) is 1.16. The molecule has 2 heterocycles. The molecule has 1 saturated heterocycles. The Labute approximate surface area is 144 Å². The Kier molecular flexibility index (Phi) is 4.07. The first-order chi connectivity index (χ1) is 11.6. The molecule has 0 atom stereocenters. The van der Waals surface area contributed by atoms with Gasteiger partial charge in [0.1, 0.15) is 5.76 Å². The van der Waals surface area contributed by atoms with Gasteiger partial charge in [-0.2, -0.15) is 0 Å². The Morgan fingerprint density at radius 1 is 1.24 bits per heavy atom. The summed E-state index contributed by atoms with van der Waals surface area (Å²) in [5, 5.41) is 3.57. The van der Waals surface area contributed by atoms with E-state index < -0.39 is 26.0 Å². The Bertz CT molecular complexity index is 1060. The number of carbonyl (C=O) groups is 1. The molecule has 1 fully saturated rings. The lowest BCUT2D eigenvalue weighted by Crippen LogP contribution is -2.29. The molecule has 1 aliphatic heterocycles. The standard InChI is InChI=1S/C14H15N3O6S2/c1-9-3-4-11(17-14(18)5-6-24(17,19)20)8-12(9)25(21,22)16-13-7-10(2)23-15-13/h3-4,7-8H,5-6H2,1-2H3,(H,15,16). The van der Waals surface area contributed by atoms with Gasteiger partial charge in [0.15, 0.2) is 5.82 Å². The minimum atomic E-state index is -4.04. The van der Waals surface area contributed by atoms with Crippen LogP contribution in [0.25, 0.3) is 0 Å². The van der Waals surface area contributed by atoms with Gasteiger partial charge >= 0.3 is 0 Å². The lowest BCUT2D eigenvalue weighted by Gasteiger charge is -2.17. The molecule has 1 aliphatic rings. The largest absolute Gasteiger partial charge is 0.360 e. The number of anilines is 2. The Morgan fingerprint density at radius 3 is 2.52 bits per heavy atom. The highest BCUT2D eigenvalue weighted by atomic mass is 32.2. The molecule has 0 aliphatic carbocycles. The van der Waals surface area contributed by atoms with Crippen LogP contribution in [-0.4, -0.2) is 33.7 Å². The summed E-state index contributed by atoms with van der Waals surface area (Å²) in [5.41, 5.74) is 0.380. The summed E-state index contributed by atoms with van der Waals surface area (Å²) in [6.07, 6.45) is -0.130. The van der Waals surface area contributed by atoms with Crippen molar-refractivity contribution in [1.82, 2.24) is 5.16 Å². The fraction of sp³-hybridized carbons (Fsp3) is 0.286. The van der Waals surface area contributed by atoms with E-state index in [-0.39, 0.29) is 28.6 Å². The molecule has 0 unspecified atom stereocenters. The number of hydrogen-bond donors (Lipinski definition) is 1. The number of nitrogens with zero attached hydrogens (tertiary/aromatic N) is 2. The highest BCUT2D eigenvalue weighted by Crippen LogP contribution is 2.29. The molecule has 0 saturated carbocycles. The minimum Gasteiger partial charge on any atom is -0.360 e. The van der Waals surface area contributed by atoms with Crippen LogP contribution in [0.4, 0.5) is 11.5 Å². The van der Waals surface area contributed by atoms with E-state index in [1.165, 1.54) is 18.2 Å². The number of sulfonamides is 2. The van der Waals surface area contributed by atoms with Crippen LogP contribution in [0.1, 0.15) is 17.7 Å². The second-order valence-corrected chi connectivity index (χ2v) is 9.19. The number of hydrogen-bond acceptors (Lipinski definition) is 7. The highest BCUT2D eigenvalue weighted by Gasteiger charge is 2.37. The first-order valence-electron chi connectivity index (χ1n) is 7.23. The van der Waals surface area contributed by atoms with E-state index in [4.69, 9.17) is 4.52 Å². The maximum absolute atomic E-state index is 12.6. The van der Waals surface area contributed by atoms with Crippen molar-refractivity contribution >= 4 is 37.5 Å². The van der Waals surface area contributed by atoms with Gasteiger partial charge in [0.05, 0.1) is 16.3 Å². The van der Waals surface area contributed by atoms with Crippen LogP contribution in [0.5, 0.6) is 0 Å². The number of amides is 1. The van der Waals surface area contributed by atoms with Crippen LogP contribution in [0.3, 0.4) is 0 Å². The van der Waals surface area contributed by atoms with Crippen molar-refractivity contribution in [3.05, 3.63) is 35.6 Å². The van der Waals surface area contributed by atoms with Gasteiger partial charge in [-0.25, -0.2) is 21.1 Å². The zero-order chi connectivity index (χ0) is 18.4. The van der Waals surface area contributed by atoms with Gasteiger partial charge in [-0.15, -0.1) is 0 Å². The van der Waals surface area contributed by atoms with Crippen LogP contribution in [0.2, 0.25) is 0 Å². The van der Waals surface area contributed by atoms with Crippen molar-refractivity contribution in [2.75, 3.05) is 14.8 Å². The third-order valence-electron chi connectivity index (χ3n) is 3.64. The van der Waals surface area contributed by atoms with Crippen molar-refractivity contribution in [3.8, 4) is 0 Å². The van der Waals surface area contributed by atoms with Crippen LogP contribution < -0.4 is 9.03 Å². The van der Waals surface area contributed by atoms with E-state index in [0.29, 0.717) is 15.6 Å². The fourth-order valence-corrected chi connectivity index (χ4v) is 5.18. The maximum Gasteiger partial charge on any atom is 0.263 e. The van der Waals surface area contributed by atoms with Gasteiger partial charge in [0, 0.05) is 12.5 Å². The molecule has 1 amide bonds. The van der Waals surface area contributed by atoms with E-state index in [0.717, 1.165) is 6.07 Å². The Morgan fingerprint density at radius 2 is 1.96 bits per heavy atom. The van der Waals surface area contributed by atoms with Gasteiger partial charge in [0.2, 0.25) is 15.9 Å². The molecule has 1 aromatic heterocycles. The zero-order valence-corrected chi connectivity index (χ0v) is 15.0. The van der Waals surface area contributed by atoms with E-state index in [9.17, 15) is 21.6 Å². The molecule has 1 N–H and O–H groups in total. The summed E-state index contributed by atoms with van der Waals surface area (Å²) < 4.78 is 57.0. The molecule has 25 heavy (non-hydrogen) atoms. The van der Waals surface area contributed by atoms with Gasteiger partial charge < -0.3 is 4.52 Å². The lowest BCUT2D eigenvalue weighted by atomic mass is 10.2. The Balaban J connectivity index is 2.04. The van der Waals surface area contributed by atoms with Gasteiger partial charge in [-0.3, -0.25) is 9.52 Å².